The van der Waals surface area contributed by atoms with Crippen LogP contribution in [0.3, 0.4) is 0 Å². The topological polar surface area (TPSA) is 44.8 Å². The van der Waals surface area contributed by atoms with Crippen molar-refractivity contribution in [1.82, 2.24) is 10.2 Å². The van der Waals surface area contributed by atoms with Crippen molar-refractivity contribution < 1.29 is 9.53 Å². The molecule has 1 amide bonds. The van der Waals surface area contributed by atoms with E-state index in [0.717, 1.165) is 49.9 Å². The SMILES string of the molecule is CC1CN(CCNCCN2C(=O)[C@]3(C[C@@H]3c3ccc(Cl)cc3)c3ccccc32)C[C@@H](C)O1. The molecular formula is C26H32ClN3O2. The summed E-state index contributed by atoms with van der Waals surface area (Å²) in [5.74, 6) is 0.480. The molecule has 32 heavy (non-hydrogen) atoms. The van der Waals surface area contributed by atoms with Gasteiger partial charge in [0.2, 0.25) is 5.91 Å². The molecule has 4 atom stereocenters. The van der Waals surface area contributed by atoms with Gasteiger partial charge in [-0.25, -0.2) is 0 Å². The summed E-state index contributed by atoms with van der Waals surface area (Å²) in [5, 5.41) is 4.28. The molecule has 1 spiro atoms. The lowest BCUT2D eigenvalue weighted by Gasteiger charge is -2.35. The van der Waals surface area contributed by atoms with Gasteiger partial charge in [-0.05, 0) is 49.6 Å². The van der Waals surface area contributed by atoms with Gasteiger partial charge in [0, 0.05) is 55.9 Å². The third kappa shape index (κ3) is 3.96. The summed E-state index contributed by atoms with van der Waals surface area (Å²) in [6.45, 7) is 9.65. The van der Waals surface area contributed by atoms with Crippen LogP contribution in [0, 0.1) is 0 Å². The molecule has 2 aliphatic heterocycles. The van der Waals surface area contributed by atoms with E-state index < -0.39 is 5.41 Å². The molecule has 5 rings (SSSR count). The van der Waals surface area contributed by atoms with Gasteiger partial charge in [-0.2, -0.15) is 0 Å². The molecule has 0 aromatic heterocycles. The smallest absolute Gasteiger partial charge is 0.238 e. The van der Waals surface area contributed by atoms with E-state index in [-0.39, 0.29) is 11.8 Å². The van der Waals surface area contributed by atoms with Gasteiger partial charge in [0.15, 0.2) is 0 Å². The van der Waals surface area contributed by atoms with Crippen molar-refractivity contribution in [2.45, 2.75) is 43.8 Å². The maximum absolute atomic E-state index is 13.6. The van der Waals surface area contributed by atoms with Crippen LogP contribution < -0.4 is 10.2 Å². The minimum absolute atomic E-state index is 0.233. The Bertz CT molecular complexity index is 971. The quantitative estimate of drug-likeness (QED) is 0.647. The van der Waals surface area contributed by atoms with Crippen LogP contribution in [-0.2, 0) is 14.9 Å². The number of rotatable bonds is 7. The molecule has 2 heterocycles. The summed E-state index contributed by atoms with van der Waals surface area (Å²) in [5.41, 5.74) is 3.06. The van der Waals surface area contributed by atoms with Gasteiger partial charge in [0.25, 0.3) is 0 Å². The fraction of sp³-hybridized carbons (Fsp3) is 0.500. The highest BCUT2D eigenvalue weighted by Crippen LogP contribution is 2.66. The molecule has 0 radical (unpaired) electrons. The summed E-state index contributed by atoms with van der Waals surface area (Å²) in [4.78, 5) is 18.1. The fourth-order valence-electron chi connectivity index (χ4n) is 5.69. The van der Waals surface area contributed by atoms with Crippen molar-refractivity contribution in [3.05, 3.63) is 64.7 Å². The van der Waals surface area contributed by atoms with Crippen LogP contribution in [0.5, 0.6) is 0 Å². The van der Waals surface area contributed by atoms with Crippen LogP contribution in [0.4, 0.5) is 5.69 Å². The van der Waals surface area contributed by atoms with Crippen LogP contribution in [0.15, 0.2) is 48.5 Å². The number of benzene rings is 2. The second-order valence-electron chi connectivity index (χ2n) is 9.52. The lowest BCUT2D eigenvalue weighted by molar-refractivity contribution is -0.120. The molecule has 3 aliphatic rings. The molecule has 170 valence electrons. The standard InChI is InChI=1S/C26H32ClN3O2/c1-18-16-29(17-19(2)32-18)13-11-28-12-14-30-24-6-4-3-5-22(24)26(25(30)31)15-23(26)20-7-9-21(27)10-8-20/h3-10,18-19,23,28H,11-17H2,1-2H3/t18-,19?,23-,26-/m1/s1. The normalized spacial score (nSPS) is 29.5. The first kappa shape index (κ1) is 21.9. The number of anilines is 1. The molecule has 2 aromatic carbocycles. The van der Waals surface area contributed by atoms with Gasteiger partial charge < -0.3 is 15.0 Å². The number of morpholine rings is 1. The second kappa shape index (κ2) is 8.79. The Balaban J connectivity index is 1.20. The van der Waals surface area contributed by atoms with Crippen molar-refractivity contribution >= 4 is 23.2 Å². The van der Waals surface area contributed by atoms with Crippen molar-refractivity contribution in [3.8, 4) is 0 Å². The number of hydrogen-bond acceptors (Lipinski definition) is 4. The van der Waals surface area contributed by atoms with Gasteiger partial charge in [-0.1, -0.05) is 41.9 Å². The van der Waals surface area contributed by atoms with Crippen LogP contribution in [-0.4, -0.2) is 62.3 Å². The molecule has 1 aliphatic carbocycles. The second-order valence-corrected chi connectivity index (χ2v) is 9.96. The zero-order valence-corrected chi connectivity index (χ0v) is 19.6. The van der Waals surface area contributed by atoms with Gasteiger partial charge >= 0.3 is 0 Å². The van der Waals surface area contributed by atoms with Crippen molar-refractivity contribution in [1.29, 1.82) is 0 Å². The average Bonchev–Trinajstić information content (AvgIpc) is 3.47. The number of carbonyl (C=O) groups excluding carboxylic acids is 1. The van der Waals surface area contributed by atoms with Crippen molar-refractivity contribution in [2.24, 2.45) is 0 Å². The minimum atomic E-state index is -0.398. The number of hydrogen-bond donors (Lipinski definition) is 1. The zero-order valence-electron chi connectivity index (χ0n) is 18.9. The van der Waals surface area contributed by atoms with E-state index in [1.807, 2.05) is 23.1 Å². The van der Waals surface area contributed by atoms with E-state index in [4.69, 9.17) is 16.3 Å². The van der Waals surface area contributed by atoms with Crippen LogP contribution in [0.1, 0.15) is 37.3 Å². The summed E-state index contributed by atoms with van der Waals surface area (Å²) in [6.07, 6.45) is 1.46. The van der Waals surface area contributed by atoms with E-state index in [1.54, 1.807) is 0 Å². The van der Waals surface area contributed by atoms with Crippen LogP contribution >= 0.6 is 11.6 Å². The molecule has 1 saturated heterocycles. The van der Waals surface area contributed by atoms with E-state index in [0.29, 0.717) is 18.8 Å². The molecule has 5 nitrogen and oxygen atoms in total. The van der Waals surface area contributed by atoms with E-state index in [9.17, 15) is 4.79 Å². The third-order valence-electron chi connectivity index (χ3n) is 7.15. The molecule has 0 bridgehead atoms. The highest BCUT2D eigenvalue weighted by atomic mass is 35.5. The molecule has 2 fully saturated rings. The first-order chi connectivity index (χ1) is 15.5. The zero-order chi connectivity index (χ0) is 22.3. The Morgan fingerprint density at radius 2 is 1.72 bits per heavy atom. The molecule has 6 heteroatoms. The Morgan fingerprint density at radius 1 is 1.03 bits per heavy atom. The van der Waals surface area contributed by atoms with Crippen LogP contribution in [0.2, 0.25) is 5.02 Å². The number of carbonyl (C=O) groups is 1. The summed E-state index contributed by atoms with van der Waals surface area (Å²) in [6, 6.07) is 16.3. The van der Waals surface area contributed by atoms with Gasteiger partial charge in [-0.3, -0.25) is 9.69 Å². The van der Waals surface area contributed by atoms with Crippen molar-refractivity contribution in [2.75, 3.05) is 44.2 Å². The first-order valence-electron chi connectivity index (χ1n) is 11.7. The van der Waals surface area contributed by atoms with Gasteiger partial charge in [0.05, 0.1) is 17.6 Å². The Labute approximate surface area is 195 Å². The van der Waals surface area contributed by atoms with Gasteiger partial charge in [-0.15, -0.1) is 0 Å². The first-order valence-corrected chi connectivity index (χ1v) is 12.1. The third-order valence-corrected chi connectivity index (χ3v) is 7.40. The number of halogens is 1. The monoisotopic (exact) mass is 453 g/mol. The molecule has 1 unspecified atom stereocenters. The highest BCUT2D eigenvalue weighted by molar-refractivity contribution is 6.30. The number of nitrogens with zero attached hydrogens (tertiary/aromatic N) is 2. The molecule has 1 N–H and O–H groups in total. The maximum atomic E-state index is 13.6. The average molecular weight is 454 g/mol. The Kier molecular flexibility index (Phi) is 6.01. The number of ether oxygens (including phenoxy) is 1. The summed E-state index contributed by atoms with van der Waals surface area (Å²) in [7, 11) is 0. The maximum Gasteiger partial charge on any atom is 0.238 e. The fourth-order valence-corrected chi connectivity index (χ4v) is 5.81. The van der Waals surface area contributed by atoms with E-state index in [1.165, 1.54) is 11.1 Å². The Hall–Kier alpha value is -1.92. The number of amides is 1. The molecule has 2 aromatic rings. The predicted octanol–water partition coefficient (Wildman–Crippen LogP) is 3.81. The predicted molar refractivity (Wildman–Crippen MR) is 129 cm³/mol. The Morgan fingerprint density at radius 3 is 2.47 bits per heavy atom. The molecule has 1 saturated carbocycles. The van der Waals surface area contributed by atoms with E-state index >= 15 is 0 Å². The number of fused-ring (bicyclic) bond motifs is 2. The lowest BCUT2D eigenvalue weighted by Crippen LogP contribution is -2.48. The lowest BCUT2D eigenvalue weighted by atomic mass is 9.92. The minimum Gasteiger partial charge on any atom is -0.373 e. The summed E-state index contributed by atoms with van der Waals surface area (Å²) >= 11 is 6.08. The van der Waals surface area contributed by atoms with E-state index in [2.05, 4.69) is 54.4 Å². The number of para-hydroxylation sites is 1. The number of nitrogens with one attached hydrogen (secondary N) is 1. The van der Waals surface area contributed by atoms with Crippen molar-refractivity contribution in [3.63, 3.8) is 0 Å². The largest absolute Gasteiger partial charge is 0.373 e. The van der Waals surface area contributed by atoms with Gasteiger partial charge in [0.1, 0.15) is 0 Å². The summed E-state index contributed by atoms with van der Waals surface area (Å²) < 4.78 is 5.82. The highest BCUT2D eigenvalue weighted by Gasteiger charge is 2.66. The van der Waals surface area contributed by atoms with Crippen LogP contribution in [0.25, 0.3) is 0 Å². The molecular weight excluding hydrogens is 422 g/mol.